The van der Waals surface area contributed by atoms with Gasteiger partial charge in [-0.2, -0.15) is 0 Å². The molecule has 0 bridgehead atoms. The number of aromatic nitrogens is 1. The van der Waals surface area contributed by atoms with Gasteiger partial charge in [0.15, 0.2) is 11.5 Å². The highest BCUT2D eigenvalue weighted by Gasteiger charge is 2.13. The van der Waals surface area contributed by atoms with E-state index in [1.165, 1.54) is 0 Å². The topological polar surface area (TPSA) is 66.6 Å². The number of ether oxygens (including phenoxy) is 3. The standard InChI is InChI=1S/C14H16N2O3/c1-9-8-16-13(7-10(9)15)19-14-11(17-2)5-4-6-12(14)18-3/h4-8H,1-3H3,(H2,15,16). The van der Waals surface area contributed by atoms with Crippen LogP contribution in [-0.4, -0.2) is 19.2 Å². The van der Waals surface area contributed by atoms with E-state index in [4.69, 9.17) is 19.9 Å². The molecule has 5 nitrogen and oxygen atoms in total. The van der Waals surface area contributed by atoms with Gasteiger partial charge in [0, 0.05) is 18.0 Å². The molecule has 1 aromatic carbocycles. The number of nitrogens with two attached hydrogens (primary N) is 1. The number of rotatable bonds is 4. The molecule has 0 saturated heterocycles. The van der Waals surface area contributed by atoms with Crippen LogP contribution in [0.25, 0.3) is 0 Å². The van der Waals surface area contributed by atoms with Crippen LogP contribution in [0.3, 0.4) is 0 Å². The summed E-state index contributed by atoms with van der Waals surface area (Å²) in [5.74, 6) is 2.01. The van der Waals surface area contributed by atoms with Gasteiger partial charge in [-0.25, -0.2) is 4.98 Å². The summed E-state index contributed by atoms with van der Waals surface area (Å²) in [4.78, 5) is 4.17. The minimum absolute atomic E-state index is 0.394. The predicted molar refractivity (Wildman–Crippen MR) is 73.0 cm³/mol. The van der Waals surface area contributed by atoms with Crippen molar-refractivity contribution in [1.82, 2.24) is 4.98 Å². The number of aryl methyl sites for hydroxylation is 1. The Morgan fingerprint density at radius 1 is 1.11 bits per heavy atom. The molecule has 0 aliphatic heterocycles. The Bertz CT molecular complexity index is 563. The summed E-state index contributed by atoms with van der Waals surface area (Å²) in [6.45, 7) is 1.88. The average Bonchev–Trinajstić information content (AvgIpc) is 2.43. The molecule has 100 valence electrons. The van der Waals surface area contributed by atoms with Gasteiger partial charge in [-0.3, -0.25) is 0 Å². The van der Waals surface area contributed by atoms with E-state index in [-0.39, 0.29) is 0 Å². The van der Waals surface area contributed by atoms with Gasteiger partial charge in [-0.15, -0.1) is 0 Å². The summed E-state index contributed by atoms with van der Waals surface area (Å²) in [5, 5.41) is 0. The van der Waals surface area contributed by atoms with Crippen LogP contribution < -0.4 is 19.9 Å². The number of nitrogens with zero attached hydrogens (tertiary/aromatic N) is 1. The fourth-order valence-electron chi connectivity index (χ4n) is 1.60. The van der Waals surface area contributed by atoms with Gasteiger partial charge in [-0.1, -0.05) is 6.07 Å². The first-order valence-corrected chi connectivity index (χ1v) is 5.76. The highest BCUT2D eigenvalue weighted by Crippen LogP contribution is 2.39. The van der Waals surface area contributed by atoms with Crippen LogP contribution in [0.2, 0.25) is 0 Å². The molecular formula is C14H16N2O3. The molecule has 0 aliphatic carbocycles. The molecular weight excluding hydrogens is 244 g/mol. The Hall–Kier alpha value is -2.43. The zero-order chi connectivity index (χ0) is 13.8. The maximum atomic E-state index is 5.83. The van der Waals surface area contributed by atoms with Crippen molar-refractivity contribution in [2.45, 2.75) is 6.92 Å². The van der Waals surface area contributed by atoms with E-state index in [1.807, 2.05) is 13.0 Å². The molecule has 0 fully saturated rings. The number of para-hydroxylation sites is 1. The highest BCUT2D eigenvalue weighted by atomic mass is 16.5. The monoisotopic (exact) mass is 260 g/mol. The minimum Gasteiger partial charge on any atom is -0.493 e. The average molecular weight is 260 g/mol. The number of hydrogen-bond acceptors (Lipinski definition) is 5. The number of methoxy groups -OCH3 is 2. The molecule has 0 spiro atoms. The third kappa shape index (κ3) is 2.70. The quantitative estimate of drug-likeness (QED) is 0.915. The van der Waals surface area contributed by atoms with E-state index in [0.717, 1.165) is 5.56 Å². The summed E-state index contributed by atoms with van der Waals surface area (Å²) >= 11 is 0. The van der Waals surface area contributed by atoms with E-state index in [9.17, 15) is 0 Å². The van der Waals surface area contributed by atoms with Gasteiger partial charge in [0.25, 0.3) is 0 Å². The summed E-state index contributed by atoms with van der Waals surface area (Å²) in [6.07, 6.45) is 1.66. The van der Waals surface area contributed by atoms with Crippen molar-refractivity contribution in [2.75, 3.05) is 20.0 Å². The normalized spacial score (nSPS) is 10.1. The molecule has 0 saturated carbocycles. The first-order valence-electron chi connectivity index (χ1n) is 5.76. The first kappa shape index (κ1) is 13.0. The highest BCUT2D eigenvalue weighted by molar-refractivity contribution is 5.54. The number of benzene rings is 1. The molecule has 0 aliphatic rings. The lowest BCUT2D eigenvalue weighted by Crippen LogP contribution is -1.97. The second-order valence-electron chi connectivity index (χ2n) is 3.97. The molecule has 1 aromatic heterocycles. The van der Waals surface area contributed by atoms with Crippen LogP contribution >= 0.6 is 0 Å². The van der Waals surface area contributed by atoms with Gasteiger partial charge in [0.2, 0.25) is 11.6 Å². The molecule has 2 aromatic rings. The summed E-state index contributed by atoms with van der Waals surface area (Å²) in [5.41, 5.74) is 7.36. The van der Waals surface area contributed by atoms with Crippen molar-refractivity contribution < 1.29 is 14.2 Å². The number of pyridine rings is 1. The number of nitrogen functional groups attached to an aromatic ring is 1. The van der Waals surface area contributed by atoms with Crippen molar-refractivity contribution in [3.05, 3.63) is 36.0 Å². The van der Waals surface area contributed by atoms with Crippen LogP contribution in [0.1, 0.15) is 5.56 Å². The molecule has 0 unspecified atom stereocenters. The smallest absolute Gasteiger partial charge is 0.221 e. The Labute approximate surface area is 111 Å². The third-order valence-electron chi connectivity index (χ3n) is 2.71. The van der Waals surface area contributed by atoms with E-state index in [0.29, 0.717) is 28.8 Å². The first-order chi connectivity index (χ1) is 9.15. The molecule has 0 radical (unpaired) electrons. The molecule has 1 heterocycles. The Morgan fingerprint density at radius 2 is 1.74 bits per heavy atom. The summed E-state index contributed by atoms with van der Waals surface area (Å²) in [7, 11) is 3.14. The van der Waals surface area contributed by atoms with Crippen LogP contribution in [0, 0.1) is 6.92 Å². The fourth-order valence-corrected chi connectivity index (χ4v) is 1.60. The van der Waals surface area contributed by atoms with Crippen molar-refractivity contribution in [3.8, 4) is 23.1 Å². The molecule has 0 atom stereocenters. The van der Waals surface area contributed by atoms with E-state index < -0.39 is 0 Å². The number of hydrogen-bond donors (Lipinski definition) is 1. The SMILES string of the molecule is COc1cccc(OC)c1Oc1cc(N)c(C)cn1. The fraction of sp³-hybridized carbons (Fsp3) is 0.214. The number of anilines is 1. The Balaban J connectivity index is 2.39. The van der Waals surface area contributed by atoms with Crippen molar-refractivity contribution in [3.63, 3.8) is 0 Å². The van der Waals surface area contributed by atoms with Gasteiger partial charge < -0.3 is 19.9 Å². The van der Waals surface area contributed by atoms with Crippen LogP contribution in [0.5, 0.6) is 23.1 Å². The van der Waals surface area contributed by atoms with E-state index in [2.05, 4.69) is 4.98 Å². The van der Waals surface area contributed by atoms with Gasteiger partial charge in [-0.05, 0) is 24.6 Å². The lowest BCUT2D eigenvalue weighted by Gasteiger charge is -2.13. The lowest BCUT2D eigenvalue weighted by atomic mass is 10.2. The maximum absolute atomic E-state index is 5.83. The molecule has 0 amide bonds. The Kier molecular flexibility index (Phi) is 3.75. The van der Waals surface area contributed by atoms with E-state index >= 15 is 0 Å². The molecule has 19 heavy (non-hydrogen) atoms. The zero-order valence-electron chi connectivity index (χ0n) is 11.1. The van der Waals surface area contributed by atoms with Crippen LogP contribution in [-0.2, 0) is 0 Å². The summed E-state index contributed by atoms with van der Waals surface area (Å²) < 4.78 is 16.2. The molecule has 5 heteroatoms. The minimum atomic E-state index is 0.394. The van der Waals surface area contributed by atoms with Gasteiger partial charge >= 0.3 is 0 Å². The zero-order valence-corrected chi connectivity index (χ0v) is 11.1. The maximum Gasteiger partial charge on any atom is 0.221 e. The second kappa shape index (κ2) is 5.48. The van der Waals surface area contributed by atoms with Gasteiger partial charge in [0.05, 0.1) is 14.2 Å². The van der Waals surface area contributed by atoms with Crippen molar-refractivity contribution in [1.29, 1.82) is 0 Å². The van der Waals surface area contributed by atoms with Crippen LogP contribution in [0.15, 0.2) is 30.5 Å². The van der Waals surface area contributed by atoms with Crippen LogP contribution in [0.4, 0.5) is 5.69 Å². The van der Waals surface area contributed by atoms with Crippen molar-refractivity contribution >= 4 is 5.69 Å². The largest absolute Gasteiger partial charge is 0.493 e. The summed E-state index contributed by atoms with van der Waals surface area (Å²) in [6, 6.07) is 7.06. The molecule has 2 rings (SSSR count). The van der Waals surface area contributed by atoms with Crippen molar-refractivity contribution in [2.24, 2.45) is 0 Å². The van der Waals surface area contributed by atoms with E-state index in [1.54, 1.807) is 38.6 Å². The predicted octanol–water partition coefficient (Wildman–Crippen LogP) is 2.78. The van der Waals surface area contributed by atoms with Gasteiger partial charge in [0.1, 0.15) is 0 Å². The third-order valence-corrected chi connectivity index (χ3v) is 2.71. The Morgan fingerprint density at radius 3 is 2.26 bits per heavy atom. The molecule has 2 N–H and O–H groups in total. The second-order valence-corrected chi connectivity index (χ2v) is 3.97. The lowest BCUT2D eigenvalue weighted by molar-refractivity contribution is 0.342.